The van der Waals surface area contributed by atoms with E-state index in [1.807, 2.05) is 13.8 Å². The summed E-state index contributed by atoms with van der Waals surface area (Å²) in [7, 11) is 0. The zero-order valence-corrected chi connectivity index (χ0v) is 14.4. The fraction of sp³-hybridized carbons (Fsp3) is 0.500. The van der Waals surface area contributed by atoms with Gasteiger partial charge in [-0.15, -0.1) is 0 Å². The van der Waals surface area contributed by atoms with E-state index in [0.29, 0.717) is 37.1 Å². The molecule has 1 fully saturated rings. The number of nitrogens with zero attached hydrogens (tertiary/aromatic N) is 2. The van der Waals surface area contributed by atoms with E-state index in [1.54, 1.807) is 15.9 Å². The molecule has 0 saturated carbocycles. The van der Waals surface area contributed by atoms with Crippen LogP contribution in [0.1, 0.15) is 30.6 Å². The van der Waals surface area contributed by atoms with Crippen LogP contribution in [0.5, 0.6) is 0 Å². The number of amides is 2. The van der Waals surface area contributed by atoms with Crippen LogP contribution in [0.3, 0.4) is 0 Å². The number of halogens is 2. The molecule has 0 unspecified atom stereocenters. The van der Waals surface area contributed by atoms with Crippen molar-refractivity contribution in [1.29, 1.82) is 0 Å². The van der Waals surface area contributed by atoms with E-state index in [1.165, 1.54) is 12.1 Å². The number of carbonyl (C=O) groups is 2. The summed E-state index contributed by atoms with van der Waals surface area (Å²) >= 11 is 3.26. The van der Waals surface area contributed by atoms with Gasteiger partial charge >= 0.3 is 0 Å². The molecule has 0 aromatic heterocycles. The third-order valence-electron chi connectivity index (χ3n) is 3.75. The van der Waals surface area contributed by atoms with Crippen molar-refractivity contribution >= 4 is 27.7 Å². The molecular weight excluding hydrogens is 351 g/mol. The lowest BCUT2D eigenvalue weighted by atomic mass is 10.2. The molecular formula is C16H20BrFN2O2. The van der Waals surface area contributed by atoms with E-state index in [9.17, 15) is 14.0 Å². The molecule has 0 atom stereocenters. The predicted molar refractivity (Wildman–Crippen MR) is 86.0 cm³/mol. The average Bonchev–Trinajstić information content (AvgIpc) is 2.74. The van der Waals surface area contributed by atoms with Gasteiger partial charge in [0.2, 0.25) is 5.91 Å². The zero-order valence-electron chi connectivity index (χ0n) is 12.8. The van der Waals surface area contributed by atoms with Gasteiger partial charge in [0.15, 0.2) is 0 Å². The third kappa shape index (κ3) is 3.85. The standard InChI is InChI=1S/C16H20BrFN2O2/c1-11(2)15(21)19-6-3-7-20(9-8-19)16(22)13-10-12(17)4-5-14(13)18/h4-5,10-11H,3,6-9H2,1-2H3. The summed E-state index contributed by atoms with van der Waals surface area (Å²) in [5.41, 5.74) is 0.0676. The van der Waals surface area contributed by atoms with Gasteiger partial charge in [0.05, 0.1) is 5.56 Å². The minimum Gasteiger partial charge on any atom is -0.341 e. The number of rotatable bonds is 2. The molecule has 120 valence electrons. The summed E-state index contributed by atoms with van der Waals surface area (Å²) in [6.45, 7) is 5.84. The monoisotopic (exact) mass is 370 g/mol. The smallest absolute Gasteiger partial charge is 0.256 e. The highest BCUT2D eigenvalue weighted by molar-refractivity contribution is 9.10. The number of benzene rings is 1. The molecule has 1 aliphatic heterocycles. The molecule has 1 heterocycles. The molecule has 1 saturated heterocycles. The Morgan fingerprint density at radius 2 is 1.77 bits per heavy atom. The molecule has 2 rings (SSSR count). The van der Waals surface area contributed by atoms with Gasteiger partial charge in [-0.2, -0.15) is 0 Å². The molecule has 0 spiro atoms. The Morgan fingerprint density at radius 3 is 2.45 bits per heavy atom. The summed E-state index contributed by atoms with van der Waals surface area (Å²) in [6, 6.07) is 4.35. The molecule has 0 radical (unpaired) electrons. The van der Waals surface area contributed by atoms with Crippen LogP contribution in [-0.2, 0) is 4.79 Å². The minimum atomic E-state index is -0.521. The summed E-state index contributed by atoms with van der Waals surface area (Å²) in [5.74, 6) is -0.794. The van der Waals surface area contributed by atoms with Crippen LogP contribution in [0, 0.1) is 11.7 Å². The molecule has 1 aliphatic rings. The van der Waals surface area contributed by atoms with E-state index >= 15 is 0 Å². The number of carbonyl (C=O) groups excluding carboxylic acids is 2. The highest BCUT2D eigenvalue weighted by atomic mass is 79.9. The molecule has 1 aromatic carbocycles. The van der Waals surface area contributed by atoms with Crippen LogP contribution in [-0.4, -0.2) is 47.8 Å². The van der Waals surface area contributed by atoms with E-state index in [-0.39, 0.29) is 23.3 Å². The highest BCUT2D eigenvalue weighted by Gasteiger charge is 2.25. The molecule has 6 heteroatoms. The largest absolute Gasteiger partial charge is 0.341 e. The summed E-state index contributed by atoms with van der Waals surface area (Å²) < 4.78 is 14.5. The molecule has 1 aromatic rings. The maximum Gasteiger partial charge on any atom is 0.256 e. The fourth-order valence-electron chi connectivity index (χ4n) is 2.54. The first-order valence-corrected chi connectivity index (χ1v) is 8.22. The Hall–Kier alpha value is -1.43. The lowest BCUT2D eigenvalue weighted by Gasteiger charge is -2.23. The third-order valence-corrected chi connectivity index (χ3v) is 4.24. The Balaban J connectivity index is 2.09. The molecule has 0 N–H and O–H groups in total. The molecule has 2 amide bonds. The lowest BCUT2D eigenvalue weighted by Crippen LogP contribution is -2.39. The average molecular weight is 371 g/mol. The van der Waals surface area contributed by atoms with Gasteiger partial charge in [-0.25, -0.2) is 4.39 Å². The van der Waals surface area contributed by atoms with E-state index in [2.05, 4.69) is 15.9 Å². The SMILES string of the molecule is CC(C)C(=O)N1CCCN(C(=O)c2cc(Br)ccc2F)CC1. The van der Waals surface area contributed by atoms with Gasteiger partial charge in [-0.3, -0.25) is 9.59 Å². The van der Waals surface area contributed by atoms with Crippen molar-refractivity contribution in [1.82, 2.24) is 9.80 Å². The molecule has 22 heavy (non-hydrogen) atoms. The minimum absolute atomic E-state index is 0.0511. The van der Waals surface area contributed by atoms with E-state index in [4.69, 9.17) is 0 Å². The second-order valence-corrected chi connectivity index (χ2v) is 6.67. The van der Waals surface area contributed by atoms with Crippen molar-refractivity contribution in [2.24, 2.45) is 5.92 Å². The van der Waals surface area contributed by atoms with Crippen molar-refractivity contribution in [2.45, 2.75) is 20.3 Å². The van der Waals surface area contributed by atoms with E-state index < -0.39 is 5.82 Å². The van der Waals surface area contributed by atoms with Crippen LogP contribution in [0.4, 0.5) is 4.39 Å². The van der Waals surface area contributed by atoms with Crippen LogP contribution in [0.15, 0.2) is 22.7 Å². The van der Waals surface area contributed by atoms with Crippen LogP contribution in [0.25, 0.3) is 0 Å². The van der Waals surface area contributed by atoms with Crippen molar-refractivity contribution in [2.75, 3.05) is 26.2 Å². The van der Waals surface area contributed by atoms with Gasteiger partial charge < -0.3 is 9.80 Å². The van der Waals surface area contributed by atoms with Crippen LogP contribution in [0.2, 0.25) is 0 Å². The number of hydrogen-bond donors (Lipinski definition) is 0. The molecule has 4 nitrogen and oxygen atoms in total. The fourth-order valence-corrected chi connectivity index (χ4v) is 2.90. The van der Waals surface area contributed by atoms with Gasteiger partial charge in [-0.1, -0.05) is 29.8 Å². The van der Waals surface area contributed by atoms with Crippen molar-refractivity contribution < 1.29 is 14.0 Å². The van der Waals surface area contributed by atoms with Gasteiger partial charge in [0.1, 0.15) is 5.82 Å². The Morgan fingerprint density at radius 1 is 1.14 bits per heavy atom. The maximum atomic E-state index is 13.9. The van der Waals surface area contributed by atoms with Crippen LogP contribution >= 0.6 is 15.9 Å². The number of hydrogen-bond acceptors (Lipinski definition) is 2. The van der Waals surface area contributed by atoms with Crippen molar-refractivity contribution in [3.8, 4) is 0 Å². The summed E-state index contributed by atoms with van der Waals surface area (Å²) in [4.78, 5) is 28.0. The molecule has 0 aliphatic carbocycles. The van der Waals surface area contributed by atoms with E-state index in [0.717, 1.165) is 0 Å². The Kier molecular flexibility index (Phi) is 5.56. The van der Waals surface area contributed by atoms with Gasteiger partial charge in [-0.05, 0) is 24.6 Å². The molecule has 0 bridgehead atoms. The zero-order chi connectivity index (χ0) is 16.3. The summed E-state index contributed by atoms with van der Waals surface area (Å²) in [5, 5.41) is 0. The lowest BCUT2D eigenvalue weighted by molar-refractivity contribution is -0.134. The van der Waals surface area contributed by atoms with Crippen molar-refractivity contribution in [3.05, 3.63) is 34.1 Å². The first-order valence-electron chi connectivity index (χ1n) is 7.43. The Bertz CT molecular complexity index is 577. The second kappa shape index (κ2) is 7.22. The topological polar surface area (TPSA) is 40.6 Å². The predicted octanol–water partition coefficient (Wildman–Crippen LogP) is 2.92. The first-order chi connectivity index (χ1) is 10.4. The maximum absolute atomic E-state index is 13.9. The first kappa shape index (κ1) is 16.9. The second-order valence-electron chi connectivity index (χ2n) is 5.75. The normalized spacial score (nSPS) is 15.9. The highest BCUT2D eigenvalue weighted by Crippen LogP contribution is 2.18. The quantitative estimate of drug-likeness (QED) is 0.802. The van der Waals surface area contributed by atoms with Gasteiger partial charge in [0.25, 0.3) is 5.91 Å². The van der Waals surface area contributed by atoms with Gasteiger partial charge in [0, 0.05) is 36.6 Å². The Labute approximate surface area is 138 Å². The van der Waals surface area contributed by atoms with Crippen LogP contribution < -0.4 is 0 Å². The van der Waals surface area contributed by atoms with Crippen molar-refractivity contribution in [3.63, 3.8) is 0 Å². The summed E-state index contributed by atoms with van der Waals surface area (Å²) in [6.07, 6.45) is 0.708.